The Morgan fingerprint density at radius 2 is 1.76 bits per heavy atom. The van der Waals surface area contributed by atoms with Crippen LogP contribution in [-0.2, 0) is 5.33 Å². The minimum Gasteiger partial charge on any atom is -0.368 e. The zero-order valence-corrected chi connectivity index (χ0v) is 13.3. The molecule has 2 heterocycles. The van der Waals surface area contributed by atoms with Gasteiger partial charge in [0.25, 0.3) is 0 Å². The van der Waals surface area contributed by atoms with E-state index in [1.807, 2.05) is 30.5 Å². The zero-order valence-electron chi connectivity index (χ0n) is 11.7. The van der Waals surface area contributed by atoms with Crippen LogP contribution >= 0.6 is 15.9 Å². The van der Waals surface area contributed by atoms with Crippen molar-refractivity contribution in [3.8, 4) is 0 Å². The van der Waals surface area contributed by atoms with Crippen LogP contribution in [0.5, 0.6) is 0 Å². The molecule has 3 nitrogen and oxygen atoms in total. The van der Waals surface area contributed by atoms with Crippen molar-refractivity contribution in [3.63, 3.8) is 0 Å². The second kappa shape index (κ2) is 6.43. The summed E-state index contributed by atoms with van der Waals surface area (Å²) in [4.78, 5) is 8.90. The van der Waals surface area contributed by atoms with E-state index >= 15 is 0 Å². The van der Waals surface area contributed by atoms with E-state index in [0.29, 0.717) is 5.33 Å². The molecule has 1 aromatic heterocycles. The van der Waals surface area contributed by atoms with Crippen molar-refractivity contribution >= 4 is 27.4 Å². The van der Waals surface area contributed by atoms with Gasteiger partial charge < -0.3 is 9.80 Å². The first-order valence-electron chi connectivity index (χ1n) is 7.04. The Balaban J connectivity index is 1.73. The molecule has 0 radical (unpaired) electrons. The first-order valence-corrected chi connectivity index (χ1v) is 8.16. The molecule has 0 unspecified atom stereocenters. The second-order valence-corrected chi connectivity index (χ2v) is 5.59. The molecular formula is C16H17BrFN3. The van der Waals surface area contributed by atoms with Gasteiger partial charge in [0.2, 0.25) is 0 Å². The summed E-state index contributed by atoms with van der Waals surface area (Å²) in [6.45, 7) is 3.55. The van der Waals surface area contributed by atoms with Gasteiger partial charge in [-0.05, 0) is 24.3 Å². The van der Waals surface area contributed by atoms with E-state index < -0.39 is 0 Å². The minimum absolute atomic E-state index is 0.142. The van der Waals surface area contributed by atoms with Gasteiger partial charge >= 0.3 is 0 Å². The summed E-state index contributed by atoms with van der Waals surface area (Å²) in [5.74, 6) is 0.869. The Morgan fingerprint density at radius 3 is 2.43 bits per heavy atom. The Hall–Kier alpha value is -1.62. The fourth-order valence-corrected chi connectivity index (χ4v) is 3.25. The normalized spacial score (nSPS) is 15.3. The molecule has 1 saturated heterocycles. The molecule has 0 atom stereocenters. The highest BCUT2D eigenvalue weighted by molar-refractivity contribution is 9.08. The topological polar surface area (TPSA) is 19.4 Å². The summed E-state index contributed by atoms with van der Waals surface area (Å²) in [6.07, 6.45) is 1.82. The lowest BCUT2D eigenvalue weighted by Crippen LogP contribution is -2.47. The smallest absolute Gasteiger partial charge is 0.129 e. The molecule has 0 N–H and O–H groups in total. The highest BCUT2D eigenvalue weighted by Crippen LogP contribution is 2.27. The van der Waals surface area contributed by atoms with Gasteiger partial charge in [-0.25, -0.2) is 9.37 Å². The van der Waals surface area contributed by atoms with Crippen LogP contribution in [0.4, 0.5) is 15.9 Å². The average Bonchev–Trinajstić information content (AvgIpc) is 2.55. The van der Waals surface area contributed by atoms with E-state index in [-0.39, 0.29) is 5.82 Å². The molecular weight excluding hydrogens is 333 g/mol. The quantitative estimate of drug-likeness (QED) is 0.791. The summed E-state index contributed by atoms with van der Waals surface area (Å²) >= 11 is 3.39. The van der Waals surface area contributed by atoms with Gasteiger partial charge in [0, 0.05) is 49.0 Å². The standard InChI is InChI=1S/C16H17BrFN3/c17-12-13-14(18)4-3-5-15(13)20-8-10-21(11-9-20)16-6-1-2-7-19-16/h1-7H,8-12H2. The number of rotatable bonds is 3. The molecule has 3 rings (SSSR count). The Bertz CT molecular complexity index is 598. The van der Waals surface area contributed by atoms with E-state index in [1.54, 1.807) is 6.07 Å². The molecule has 0 amide bonds. The zero-order chi connectivity index (χ0) is 14.7. The van der Waals surface area contributed by atoms with Crippen LogP contribution < -0.4 is 9.80 Å². The molecule has 1 aliphatic rings. The maximum absolute atomic E-state index is 13.9. The monoisotopic (exact) mass is 349 g/mol. The molecule has 0 saturated carbocycles. The molecule has 0 aliphatic carbocycles. The first kappa shape index (κ1) is 14.3. The maximum Gasteiger partial charge on any atom is 0.129 e. The van der Waals surface area contributed by atoms with Gasteiger partial charge in [0.15, 0.2) is 0 Å². The summed E-state index contributed by atoms with van der Waals surface area (Å²) in [6, 6.07) is 11.3. The van der Waals surface area contributed by atoms with Crippen LogP contribution in [0.1, 0.15) is 5.56 Å². The van der Waals surface area contributed by atoms with Gasteiger partial charge in [0.1, 0.15) is 11.6 Å². The third-order valence-electron chi connectivity index (χ3n) is 3.82. The van der Waals surface area contributed by atoms with Crippen molar-refractivity contribution in [2.24, 2.45) is 0 Å². The number of anilines is 2. The van der Waals surface area contributed by atoms with Crippen LogP contribution in [0.15, 0.2) is 42.6 Å². The molecule has 1 aromatic carbocycles. The number of alkyl halides is 1. The largest absolute Gasteiger partial charge is 0.368 e. The summed E-state index contributed by atoms with van der Waals surface area (Å²) in [5, 5.41) is 0.537. The van der Waals surface area contributed by atoms with Crippen LogP contribution in [0.2, 0.25) is 0 Å². The SMILES string of the molecule is Fc1cccc(N2CCN(c3ccccn3)CC2)c1CBr. The molecule has 1 aliphatic heterocycles. The van der Waals surface area contributed by atoms with Gasteiger partial charge in [-0.3, -0.25) is 0 Å². The van der Waals surface area contributed by atoms with Crippen molar-refractivity contribution in [3.05, 3.63) is 54.0 Å². The van der Waals surface area contributed by atoms with E-state index in [0.717, 1.165) is 43.2 Å². The lowest BCUT2D eigenvalue weighted by atomic mass is 10.1. The van der Waals surface area contributed by atoms with Crippen LogP contribution in [-0.4, -0.2) is 31.2 Å². The third-order valence-corrected chi connectivity index (χ3v) is 4.38. The Morgan fingerprint density at radius 1 is 1.00 bits per heavy atom. The number of piperazine rings is 1. The van der Waals surface area contributed by atoms with Gasteiger partial charge in [-0.1, -0.05) is 28.1 Å². The van der Waals surface area contributed by atoms with Crippen LogP contribution in [0.3, 0.4) is 0 Å². The molecule has 0 bridgehead atoms. The van der Waals surface area contributed by atoms with Gasteiger partial charge in [-0.2, -0.15) is 0 Å². The molecule has 21 heavy (non-hydrogen) atoms. The molecule has 1 fully saturated rings. The number of hydrogen-bond acceptors (Lipinski definition) is 3. The van der Waals surface area contributed by atoms with Crippen molar-refractivity contribution < 1.29 is 4.39 Å². The third kappa shape index (κ3) is 3.02. The van der Waals surface area contributed by atoms with E-state index in [4.69, 9.17) is 0 Å². The van der Waals surface area contributed by atoms with Crippen LogP contribution in [0, 0.1) is 5.82 Å². The Labute approximate surface area is 132 Å². The number of halogens is 2. The number of hydrogen-bond donors (Lipinski definition) is 0. The molecule has 110 valence electrons. The predicted octanol–water partition coefficient (Wildman–Crippen LogP) is 3.44. The Kier molecular flexibility index (Phi) is 4.39. The molecule has 5 heteroatoms. The van der Waals surface area contributed by atoms with E-state index in [9.17, 15) is 4.39 Å². The maximum atomic E-state index is 13.9. The fraction of sp³-hybridized carbons (Fsp3) is 0.312. The highest BCUT2D eigenvalue weighted by atomic mass is 79.9. The lowest BCUT2D eigenvalue weighted by molar-refractivity contribution is 0.609. The van der Waals surface area contributed by atoms with E-state index in [1.165, 1.54) is 6.07 Å². The predicted molar refractivity (Wildman–Crippen MR) is 87.7 cm³/mol. The lowest BCUT2D eigenvalue weighted by Gasteiger charge is -2.37. The molecule has 2 aromatic rings. The number of pyridine rings is 1. The summed E-state index contributed by atoms with van der Waals surface area (Å²) in [5.41, 5.74) is 1.73. The fourth-order valence-electron chi connectivity index (χ4n) is 2.69. The second-order valence-electron chi connectivity index (χ2n) is 5.03. The van der Waals surface area contributed by atoms with Crippen molar-refractivity contribution in [1.29, 1.82) is 0 Å². The van der Waals surface area contributed by atoms with Crippen molar-refractivity contribution in [2.45, 2.75) is 5.33 Å². The van der Waals surface area contributed by atoms with Gasteiger partial charge in [0.05, 0.1) is 0 Å². The molecule has 0 spiro atoms. The van der Waals surface area contributed by atoms with Crippen LogP contribution in [0.25, 0.3) is 0 Å². The van der Waals surface area contributed by atoms with Crippen molar-refractivity contribution in [2.75, 3.05) is 36.0 Å². The average molecular weight is 350 g/mol. The summed E-state index contributed by atoms with van der Waals surface area (Å²) in [7, 11) is 0. The van der Waals surface area contributed by atoms with Gasteiger partial charge in [-0.15, -0.1) is 0 Å². The number of nitrogens with zero attached hydrogens (tertiary/aromatic N) is 3. The number of benzene rings is 1. The van der Waals surface area contributed by atoms with E-state index in [2.05, 4.69) is 30.7 Å². The van der Waals surface area contributed by atoms with Crippen molar-refractivity contribution in [1.82, 2.24) is 4.98 Å². The highest BCUT2D eigenvalue weighted by Gasteiger charge is 2.20. The summed E-state index contributed by atoms with van der Waals surface area (Å²) < 4.78 is 13.9. The number of aromatic nitrogens is 1. The first-order chi connectivity index (χ1) is 10.3. The minimum atomic E-state index is -0.142.